The molecule has 2 saturated heterocycles. The molecule has 0 spiro atoms. The number of thioether (sulfide) groups is 1. The molecular formula is C13H26N2S. The molecule has 4 atom stereocenters. The largest absolute Gasteiger partial charge is 0.311 e. The molecule has 0 aromatic heterocycles. The van der Waals surface area contributed by atoms with Crippen molar-refractivity contribution >= 4 is 11.8 Å². The van der Waals surface area contributed by atoms with E-state index in [-0.39, 0.29) is 0 Å². The highest BCUT2D eigenvalue weighted by molar-refractivity contribution is 8.00. The minimum absolute atomic E-state index is 0.723. The Kier molecular flexibility index (Phi) is 4.57. The number of nitrogens with one attached hydrogen (secondary N) is 1. The monoisotopic (exact) mass is 242 g/mol. The van der Waals surface area contributed by atoms with Gasteiger partial charge >= 0.3 is 0 Å². The molecule has 2 heterocycles. The molecule has 2 nitrogen and oxygen atoms in total. The van der Waals surface area contributed by atoms with Crippen LogP contribution in [-0.2, 0) is 0 Å². The van der Waals surface area contributed by atoms with Crippen molar-refractivity contribution in [3.05, 3.63) is 0 Å². The second-order valence-electron chi connectivity index (χ2n) is 5.20. The maximum absolute atomic E-state index is 3.69. The standard InChI is InChI=1S/C13H26N2S/c1-4-11-9-15(12(5-2)8-14-11)13-6-7-16-10(13)3/h10-14H,4-9H2,1-3H3. The summed E-state index contributed by atoms with van der Waals surface area (Å²) in [5.74, 6) is 1.36. The van der Waals surface area contributed by atoms with E-state index in [9.17, 15) is 0 Å². The summed E-state index contributed by atoms with van der Waals surface area (Å²) in [7, 11) is 0. The first-order valence-electron chi connectivity index (χ1n) is 6.87. The lowest BCUT2D eigenvalue weighted by molar-refractivity contribution is 0.0792. The van der Waals surface area contributed by atoms with Crippen molar-refractivity contribution in [1.82, 2.24) is 10.2 Å². The third-order valence-electron chi connectivity index (χ3n) is 4.27. The molecule has 0 saturated carbocycles. The molecule has 3 heteroatoms. The first kappa shape index (κ1) is 12.7. The molecule has 2 rings (SSSR count). The first-order valence-corrected chi connectivity index (χ1v) is 7.91. The smallest absolute Gasteiger partial charge is 0.0224 e. The predicted octanol–water partition coefficient (Wildman–Crippen LogP) is 2.34. The van der Waals surface area contributed by atoms with Crippen LogP contribution in [-0.4, -0.2) is 47.1 Å². The van der Waals surface area contributed by atoms with Crippen molar-refractivity contribution in [2.45, 2.75) is 63.4 Å². The predicted molar refractivity (Wildman–Crippen MR) is 73.2 cm³/mol. The van der Waals surface area contributed by atoms with E-state index in [0.29, 0.717) is 0 Å². The zero-order chi connectivity index (χ0) is 11.5. The fourth-order valence-electron chi connectivity index (χ4n) is 3.10. The Morgan fingerprint density at radius 2 is 2.12 bits per heavy atom. The minimum Gasteiger partial charge on any atom is -0.311 e. The van der Waals surface area contributed by atoms with Crippen LogP contribution < -0.4 is 5.32 Å². The molecule has 2 aliphatic heterocycles. The number of piperazine rings is 1. The number of hydrogen-bond donors (Lipinski definition) is 1. The third kappa shape index (κ3) is 2.57. The summed E-state index contributed by atoms with van der Waals surface area (Å²) >= 11 is 2.16. The Bertz CT molecular complexity index is 222. The molecule has 0 radical (unpaired) electrons. The average Bonchev–Trinajstić information content (AvgIpc) is 2.74. The summed E-state index contributed by atoms with van der Waals surface area (Å²) in [5.41, 5.74) is 0. The van der Waals surface area contributed by atoms with Gasteiger partial charge in [0, 0.05) is 36.5 Å². The van der Waals surface area contributed by atoms with Gasteiger partial charge in [-0.1, -0.05) is 20.8 Å². The van der Waals surface area contributed by atoms with Gasteiger partial charge < -0.3 is 5.32 Å². The molecule has 0 amide bonds. The van der Waals surface area contributed by atoms with Crippen molar-refractivity contribution in [2.75, 3.05) is 18.8 Å². The third-order valence-corrected chi connectivity index (χ3v) is 5.58. The van der Waals surface area contributed by atoms with Crippen LogP contribution in [0.2, 0.25) is 0 Å². The number of nitrogens with zero attached hydrogens (tertiary/aromatic N) is 1. The summed E-state index contributed by atoms with van der Waals surface area (Å²) in [4.78, 5) is 2.81. The van der Waals surface area contributed by atoms with E-state index >= 15 is 0 Å². The Hall–Kier alpha value is 0.270. The SMILES string of the molecule is CCC1CN(C2CCSC2C)C(CC)CN1. The molecule has 1 N–H and O–H groups in total. The van der Waals surface area contributed by atoms with Gasteiger partial charge in [0.2, 0.25) is 0 Å². The number of hydrogen-bond acceptors (Lipinski definition) is 3. The van der Waals surface area contributed by atoms with E-state index in [1.54, 1.807) is 0 Å². The molecule has 2 aliphatic rings. The van der Waals surface area contributed by atoms with E-state index in [0.717, 1.165) is 23.4 Å². The van der Waals surface area contributed by atoms with Gasteiger partial charge in [0.05, 0.1) is 0 Å². The van der Waals surface area contributed by atoms with E-state index in [4.69, 9.17) is 0 Å². The van der Waals surface area contributed by atoms with Gasteiger partial charge in [0.15, 0.2) is 0 Å². The van der Waals surface area contributed by atoms with Crippen molar-refractivity contribution in [2.24, 2.45) is 0 Å². The normalized spacial score (nSPS) is 41.4. The lowest BCUT2D eigenvalue weighted by atomic mass is 10.00. The van der Waals surface area contributed by atoms with Crippen molar-refractivity contribution in [3.63, 3.8) is 0 Å². The van der Waals surface area contributed by atoms with Crippen LogP contribution in [0.15, 0.2) is 0 Å². The van der Waals surface area contributed by atoms with Gasteiger partial charge in [-0.05, 0) is 25.0 Å². The van der Waals surface area contributed by atoms with Gasteiger partial charge in [0.1, 0.15) is 0 Å². The van der Waals surface area contributed by atoms with Crippen LogP contribution in [0.25, 0.3) is 0 Å². The molecular weight excluding hydrogens is 216 g/mol. The lowest BCUT2D eigenvalue weighted by Crippen LogP contribution is -2.60. The highest BCUT2D eigenvalue weighted by Crippen LogP contribution is 2.32. The molecule has 0 aliphatic carbocycles. The second-order valence-corrected chi connectivity index (χ2v) is 6.69. The summed E-state index contributed by atoms with van der Waals surface area (Å²) in [5, 5.41) is 4.53. The van der Waals surface area contributed by atoms with Gasteiger partial charge in [-0.25, -0.2) is 0 Å². The zero-order valence-electron chi connectivity index (χ0n) is 10.9. The van der Waals surface area contributed by atoms with Crippen LogP contribution in [0.1, 0.15) is 40.0 Å². The number of rotatable bonds is 3. The second kappa shape index (κ2) is 5.74. The Morgan fingerprint density at radius 3 is 2.69 bits per heavy atom. The molecule has 94 valence electrons. The van der Waals surface area contributed by atoms with Crippen molar-refractivity contribution in [3.8, 4) is 0 Å². The highest BCUT2D eigenvalue weighted by Gasteiger charge is 2.36. The summed E-state index contributed by atoms with van der Waals surface area (Å²) in [6.07, 6.45) is 3.96. The maximum Gasteiger partial charge on any atom is 0.0224 e. The molecule has 0 aromatic carbocycles. The highest BCUT2D eigenvalue weighted by atomic mass is 32.2. The van der Waals surface area contributed by atoms with Crippen LogP contribution >= 0.6 is 11.8 Å². The minimum atomic E-state index is 0.723. The van der Waals surface area contributed by atoms with Gasteiger partial charge in [-0.2, -0.15) is 11.8 Å². The van der Waals surface area contributed by atoms with Crippen molar-refractivity contribution < 1.29 is 0 Å². The van der Waals surface area contributed by atoms with Crippen LogP contribution in [0.5, 0.6) is 0 Å². The fourth-order valence-corrected chi connectivity index (χ4v) is 4.37. The lowest BCUT2D eigenvalue weighted by Gasteiger charge is -2.44. The molecule has 0 aromatic rings. The van der Waals surface area contributed by atoms with Crippen LogP contribution in [0.4, 0.5) is 0 Å². The Balaban J connectivity index is 2.02. The van der Waals surface area contributed by atoms with E-state index < -0.39 is 0 Å². The summed E-state index contributed by atoms with van der Waals surface area (Å²) in [6, 6.07) is 2.33. The summed E-state index contributed by atoms with van der Waals surface area (Å²) in [6.45, 7) is 9.51. The zero-order valence-corrected chi connectivity index (χ0v) is 11.7. The van der Waals surface area contributed by atoms with E-state index in [2.05, 4.69) is 42.7 Å². The van der Waals surface area contributed by atoms with Crippen LogP contribution in [0.3, 0.4) is 0 Å². The van der Waals surface area contributed by atoms with Gasteiger partial charge in [0.25, 0.3) is 0 Å². The van der Waals surface area contributed by atoms with E-state index in [1.807, 2.05) is 0 Å². The van der Waals surface area contributed by atoms with Gasteiger partial charge in [-0.3, -0.25) is 4.90 Å². The quantitative estimate of drug-likeness (QED) is 0.818. The molecule has 16 heavy (non-hydrogen) atoms. The first-order chi connectivity index (χ1) is 7.76. The van der Waals surface area contributed by atoms with Crippen molar-refractivity contribution in [1.29, 1.82) is 0 Å². The maximum atomic E-state index is 3.69. The van der Waals surface area contributed by atoms with Gasteiger partial charge in [-0.15, -0.1) is 0 Å². The van der Waals surface area contributed by atoms with Crippen LogP contribution in [0, 0.1) is 0 Å². The Labute approximate surface area is 105 Å². The average molecular weight is 242 g/mol. The molecule has 2 fully saturated rings. The topological polar surface area (TPSA) is 15.3 Å². The van der Waals surface area contributed by atoms with E-state index in [1.165, 1.54) is 38.1 Å². The fraction of sp³-hybridized carbons (Fsp3) is 1.00. The Morgan fingerprint density at radius 1 is 1.31 bits per heavy atom. The molecule has 4 unspecified atom stereocenters. The summed E-state index contributed by atoms with van der Waals surface area (Å²) < 4.78 is 0. The molecule has 0 bridgehead atoms.